The summed E-state index contributed by atoms with van der Waals surface area (Å²) < 4.78 is 5.11. The second kappa shape index (κ2) is 9.52. The molecule has 0 radical (unpaired) electrons. The smallest absolute Gasteiger partial charge is 0.339 e. The SMILES string of the molecule is COc1ccc(C=C2C(=O)N(c3ccc(C)cc3)C(=S)N(c3ccc(C)cc3)C2=O)cc1C(=O)O. The standard InChI is InChI=1S/C27H22N2O5S/c1-16-4-9-19(10-5-16)28-24(30)22(15-18-8-13-23(34-3)21(14-18)26(32)33)25(31)29(27(28)35)20-11-6-17(2)7-12-20/h4-15H,1-3H3,(H,32,33). The van der Waals surface area contributed by atoms with Crippen LogP contribution in [0.2, 0.25) is 0 Å². The molecule has 1 heterocycles. The number of carboxylic acid groups (broad SMARTS) is 1. The minimum atomic E-state index is -1.19. The van der Waals surface area contributed by atoms with E-state index in [0.29, 0.717) is 16.9 Å². The number of carboxylic acids is 1. The Bertz CT molecular complexity index is 1310. The molecular formula is C27H22N2O5S. The number of nitrogens with zero attached hydrogens (tertiary/aromatic N) is 2. The number of methoxy groups -OCH3 is 1. The Morgan fingerprint density at radius 2 is 1.34 bits per heavy atom. The number of aryl methyl sites for hydroxylation is 2. The van der Waals surface area contributed by atoms with Crippen LogP contribution in [-0.4, -0.2) is 35.1 Å². The van der Waals surface area contributed by atoms with Crippen molar-refractivity contribution in [2.45, 2.75) is 13.8 Å². The first kappa shape index (κ1) is 23.8. The third-order valence-electron chi connectivity index (χ3n) is 5.60. The summed E-state index contributed by atoms with van der Waals surface area (Å²) in [7, 11) is 1.37. The maximum atomic E-state index is 13.6. The highest BCUT2D eigenvalue weighted by Crippen LogP contribution is 2.31. The lowest BCUT2D eigenvalue weighted by molar-refractivity contribution is -0.120. The van der Waals surface area contributed by atoms with Gasteiger partial charge in [0.2, 0.25) is 0 Å². The highest BCUT2D eigenvalue weighted by atomic mass is 32.1. The third-order valence-corrected chi connectivity index (χ3v) is 5.96. The predicted octanol–water partition coefficient (Wildman–Crippen LogP) is 4.76. The molecule has 1 aliphatic heterocycles. The van der Waals surface area contributed by atoms with E-state index < -0.39 is 17.8 Å². The molecule has 1 N–H and O–H groups in total. The lowest BCUT2D eigenvalue weighted by Gasteiger charge is -2.36. The van der Waals surface area contributed by atoms with Crippen LogP contribution in [0.15, 0.2) is 72.3 Å². The van der Waals surface area contributed by atoms with Gasteiger partial charge in [0.25, 0.3) is 11.8 Å². The van der Waals surface area contributed by atoms with Gasteiger partial charge in [-0.1, -0.05) is 41.5 Å². The number of carbonyl (C=O) groups is 3. The Morgan fingerprint density at radius 3 is 1.77 bits per heavy atom. The Labute approximate surface area is 207 Å². The number of hydrogen-bond acceptors (Lipinski definition) is 5. The van der Waals surface area contributed by atoms with E-state index in [1.165, 1.54) is 35.1 Å². The van der Waals surface area contributed by atoms with Gasteiger partial charge in [-0.05, 0) is 74.1 Å². The normalized spacial score (nSPS) is 13.8. The summed E-state index contributed by atoms with van der Waals surface area (Å²) in [6.07, 6.45) is 1.38. The van der Waals surface area contributed by atoms with Crippen LogP contribution in [0.3, 0.4) is 0 Å². The van der Waals surface area contributed by atoms with Gasteiger partial charge in [-0.2, -0.15) is 0 Å². The molecule has 1 aliphatic rings. The van der Waals surface area contributed by atoms with E-state index in [1.54, 1.807) is 30.3 Å². The van der Waals surface area contributed by atoms with Crippen molar-refractivity contribution < 1.29 is 24.2 Å². The van der Waals surface area contributed by atoms with E-state index >= 15 is 0 Å². The molecule has 2 amide bonds. The van der Waals surface area contributed by atoms with Gasteiger partial charge in [0.1, 0.15) is 16.9 Å². The van der Waals surface area contributed by atoms with Crippen molar-refractivity contribution in [3.05, 3.63) is 94.6 Å². The van der Waals surface area contributed by atoms with Crippen LogP contribution in [0.25, 0.3) is 6.08 Å². The van der Waals surface area contributed by atoms with Crippen LogP contribution in [-0.2, 0) is 9.59 Å². The number of anilines is 2. The molecular weight excluding hydrogens is 464 g/mol. The number of ether oxygens (including phenoxy) is 1. The molecule has 35 heavy (non-hydrogen) atoms. The van der Waals surface area contributed by atoms with Crippen LogP contribution in [0.1, 0.15) is 27.0 Å². The number of thiocarbonyl (C=S) groups is 1. The largest absolute Gasteiger partial charge is 0.496 e. The molecule has 0 unspecified atom stereocenters. The Morgan fingerprint density at radius 1 is 0.857 bits per heavy atom. The van der Waals surface area contributed by atoms with Gasteiger partial charge in [0.05, 0.1) is 18.5 Å². The highest BCUT2D eigenvalue weighted by Gasteiger charge is 2.41. The summed E-state index contributed by atoms with van der Waals surface area (Å²) in [5.41, 5.74) is 3.17. The van der Waals surface area contributed by atoms with Crippen LogP contribution in [0.4, 0.5) is 11.4 Å². The number of benzene rings is 3. The number of aromatic carboxylic acids is 1. The fourth-order valence-corrected chi connectivity index (χ4v) is 4.10. The quantitative estimate of drug-likeness (QED) is 0.318. The zero-order valence-corrected chi connectivity index (χ0v) is 20.1. The Hall–Kier alpha value is -4.30. The molecule has 176 valence electrons. The number of carbonyl (C=O) groups excluding carboxylic acids is 2. The predicted molar refractivity (Wildman–Crippen MR) is 138 cm³/mol. The number of rotatable bonds is 5. The van der Waals surface area contributed by atoms with Gasteiger partial charge in [-0.25, -0.2) is 4.79 Å². The summed E-state index contributed by atoms with van der Waals surface area (Å²) in [4.78, 5) is 41.5. The fraction of sp³-hybridized carbons (Fsp3) is 0.111. The highest BCUT2D eigenvalue weighted by molar-refractivity contribution is 7.81. The molecule has 0 atom stereocenters. The Kier molecular flexibility index (Phi) is 6.48. The minimum Gasteiger partial charge on any atom is -0.496 e. The first-order chi connectivity index (χ1) is 16.7. The maximum Gasteiger partial charge on any atom is 0.339 e. The molecule has 7 nitrogen and oxygen atoms in total. The van der Waals surface area contributed by atoms with E-state index in [0.717, 1.165) is 11.1 Å². The van der Waals surface area contributed by atoms with E-state index in [4.69, 9.17) is 17.0 Å². The Balaban J connectivity index is 1.87. The second-order valence-electron chi connectivity index (χ2n) is 8.06. The first-order valence-corrected chi connectivity index (χ1v) is 11.1. The number of amides is 2. The van der Waals surface area contributed by atoms with Gasteiger partial charge >= 0.3 is 5.97 Å². The third kappa shape index (κ3) is 4.56. The fourth-order valence-electron chi connectivity index (χ4n) is 3.72. The van der Waals surface area contributed by atoms with Crippen molar-refractivity contribution in [2.75, 3.05) is 16.9 Å². The van der Waals surface area contributed by atoms with Crippen molar-refractivity contribution in [3.63, 3.8) is 0 Å². The van der Waals surface area contributed by atoms with Gasteiger partial charge in [-0.15, -0.1) is 0 Å². The summed E-state index contributed by atoms with van der Waals surface area (Å²) in [5.74, 6) is -2.21. The molecule has 0 spiro atoms. The molecule has 3 aromatic rings. The van der Waals surface area contributed by atoms with Crippen LogP contribution in [0.5, 0.6) is 5.75 Å². The molecule has 4 rings (SSSR count). The molecule has 8 heteroatoms. The van der Waals surface area contributed by atoms with Gasteiger partial charge in [0, 0.05) is 0 Å². The van der Waals surface area contributed by atoms with Crippen LogP contribution in [0, 0.1) is 13.8 Å². The van der Waals surface area contributed by atoms with Crippen molar-refractivity contribution >= 4 is 52.6 Å². The zero-order valence-electron chi connectivity index (χ0n) is 19.3. The molecule has 1 fully saturated rings. The second-order valence-corrected chi connectivity index (χ2v) is 8.42. The maximum absolute atomic E-state index is 13.6. The molecule has 0 aromatic heterocycles. The average molecular weight is 487 g/mol. The average Bonchev–Trinajstić information content (AvgIpc) is 2.84. The molecule has 1 saturated heterocycles. The van der Waals surface area contributed by atoms with Gasteiger partial charge in [0.15, 0.2) is 5.11 Å². The molecule has 3 aromatic carbocycles. The van der Waals surface area contributed by atoms with E-state index in [2.05, 4.69) is 0 Å². The summed E-state index contributed by atoms with van der Waals surface area (Å²) in [6, 6.07) is 18.9. The lowest BCUT2D eigenvalue weighted by atomic mass is 10.0. The van der Waals surface area contributed by atoms with Crippen molar-refractivity contribution in [3.8, 4) is 5.75 Å². The molecule has 0 saturated carbocycles. The van der Waals surface area contributed by atoms with Crippen molar-refractivity contribution in [1.29, 1.82) is 0 Å². The molecule has 0 bridgehead atoms. The van der Waals surface area contributed by atoms with Gasteiger partial charge in [-0.3, -0.25) is 19.4 Å². The summed E-state index contributed by atoms with van der Waals surface area (Å²) in [5, 5.41) is 9.56. The van der Waals surface area contributed by atoms with Crippen molar-refractivity contribution in [2.24, 2.45) is 0 Å². The van der Waals surface area contributed by atoms with Crippen LogP contribution >= 0.6 is 12.2 Å². The minimum absolute atomic E-state index is 0.0332. The van der Waals surface area contributed by atoms with E-state index in [1.807, 2.05) is 38.1 Å². The first-order valence-electron chi connectivity index (χ1n) is 10.7. The van der Waals surface area contributed by atoms with Crippen LogP contribution < -0.4 is 14.5 Å². The number of hydrogen-bond donors (Lipinski definition) is 1. The molecule has 0 aliphatic carbocycles. The summed E-state index contributed by atoms with van der Waals surface area (Å²) >= 11 is 5.63. The summed E-state index contributed by atoms with van der Waals surface area (Å²) in [6.45, 7) is 3.86. The van der Waals surface area contributed by atoms with E-state index in [9.17, 15) is 19.5 Å². The zero-order chi connectivity index (χ0) is 25.3. The lowest BCUT2D eigenvalue weighted by Crippen LogP contribution is -2.56. The topological polar surface area (TPSA) is 87.2 Å². The van der Waals surface area contributed by atoms with Gasteiger partial charge < -0.3 is 9.84 Å². The van der Waals surface area contributed by atoms with Crippen molar-refractivity contribution in [1.82, 2.24) is 0 Å². The monoisotopic (exact) mass is 486 g/mol. The van der Waals surface area contributed by atoms with E-state index in [-0.39, 0.29) is 22.0 Å².